The highest BCUT2D eigenvalue weighted by molar-refractivity contribution is 6.69. The maximum Gasteiger partial charge on any atom is 0.215 e. The molecule has 1 aromatic rings. The summed E-state index contributed by atoms with van der Waals surface area (Å²) >= 11 is 17.2. The zero-order valence-corrected chi connectivity index (χ0v) is 9.31. The molecule has 1 aromatic carbocycles. The van der Waals surface area contributed by atoms with Crippen LogP contribution in [0.2, 0.25) is 0 Å². The van der Waals surface area contributed by atoms with Crippen molar-refractivity contribution < 1.29 is 5.11 Å². The molecule has 0 fully saturated rings. The lowest BCUT2D eigenvalue weighted by molar-refractivity contribution is 0.218. The molecule has 0 amide bonds. The summed E-state index contributed by atoms with van der Waals surface area (Å²) in [5.74, 6) is 0. The summed E-state index contributed by atoms with van der Waals surface area (Å²) in [6.07, 6.45) is 0.909. The first-order valence-electron chi connectivity index (χ1n) is 4.06. The molecule has 1 unspecified atom stereocenters. The maximum absolute atomic E-state index is 9.86. The average molecular weight is 250 g/mol. The molecule has 0 aromatic heterocycles. The van der Waals surface area contributed by atoms with E-state index >= 15 is 0 Å². The molecule has 0 saturated heterocycles. The average Bonchev–Trinajstić information content (AvgIpc) is 2.44. The second-order valence-corrected chi connectivity index (χ2v) is 5.41. The Hall–Kier alpha value is -0.210. The van der Waals surface area contributed by atoms with E-state index < -0.39 is 9.90 Å². The highest BCUT2D eigenvalue weighted by atomic mass is 35.6. The Kier molecular flexibility index (Phi) is 2.52. The number of hydrogen-bond donors (Lipinski definition) is 1. The zero-order chi connectivity index (χ0) is 10.3. The van der Waals surface area contributed by atoms with Gasteiger partial charge in [-0.3, -0.25) is 0 Å². The highest BCUT2D eigenvalue weighted by Crippen LogP contribution is 2.46. The van der Waals surface area contributed by atoms with E-state index in [1.165, 1.54) is 0 Å². The SMILES string of the molecule is OC1C(C(Cl)(Cl)Cl)=Cc2ccccc21. The van der Waals surface area contributed by atoms with Crippen LogP contribution >= 0.6 is 34.8 Å². The summed E-state index contributed by atoms with van der Waals surface area (Å²) in [5.41, 5.74) is 2.10. The van der Waals surface area contributed by atoms with Crippen LogP contribution in [0.4, 0.5) is 0 Å². The lowest BCUT2D eigenvalue weighted by atomic mass is 10.1. The van der Waals surface area contributed by atoms with Crippen LogP contribution < -0.4 is 0 Å². The van der Waals surface area contributed by atoms with E-state index in [0.29, 0.717) is 5.57 Å². The zero-order valence-electron chi connectivity index (χ0n) is 7.05. The smallest absolute Gasteiger partial charge is 0.215 e. The molecule has 74 valence electrons. The van der Waals surface area contributed by atoms with Crippen LogP contribution in [-0.4, -0.2) is 8.90 Å². The second-order valence-electron chi connectivity index (χ2n) is 3.13. The molecule has 14 heavy (non-hydrogen) atoms. The van der Waals surface area contributed by atoms with Gasteiger partial charge in [-0.25, -0.2) is 0 Å². The minimum Gasteiger partial charge on any atom is -0.384 e. The number of aliphatic hydroxyl groups is 1. The first-order valence-corrected chi connectivity index (χ1v) is 5.19. The molecule has 1 aliphatic rings. The summed E-state index contributed by atoms with van der Waals surface area (Å²) in [7, 11) is 0. The normalized spacial score (nSPS) is 20.6. The number of halogens is 3. The first kappa shape index (κ1) is 10.3. The number of aliphatic hydroxyl groups excluding tert-OH is 1. The van der Waals surface area contributed by atoms with Crippen LogP contribution in [0.25, 0.3) is 6.08 Å². The molecule has 1 N–H and O–H groups in total. The van der Waals surface area contributed by atoms with Gasteiger partial charge in [0.1, 0.15) is 6.10 Å². The summed E-state index contributed by atoms with van der Waals surface area (Å²) in [5, 5.41) is 9.86. The van der Waals surface area contributed by atoms with Crippen molar-refractivity contribution >= 4 is 40.9 Å². The van der Waals surface area contributed by atoms with Crippen molar-refractivity contribution in [3.63, 3.8) is 0 Å². The van der Waals surface area contributed by atoms with Crippen LogP contribution in [0.1, 0.15) is 17.2 Å². The minimum atomic E-state index is -1.54. The Morgan fingerprint density at radius 1 is 1.14 bits per heavy atom. The summed E-state index contributed by atoms with van der Waals surface area (Å²) < 4.78 is -1.54. The molecule has 0 radical (unpaired) electrons. The van der Waals surface area contributed by atoms with Gasteiger partial charge in [-0.15, -0.1) is 0 Å². The topological polar surface area (TPSA) is 20.2 Å². The Balaban J connectivity index is 2.47. The molecule has 1 atom stereocenters. The van der Waals surface area contributed by atoms with Crippen molar-refractivity contribution in [3.05, 3.63) is 41.0 Å². The number of fused-ring (bicyclic) bond motifs is 1. The predicted octanol–water partition coefficient (Wildman–Crippen LogP) is 3.49. The van der Waals surface area contributed by atoms with E-state index in [1.54, 1.807) is 6.08 Å². The molecule has 0 saturated carbocycles. The van der Waals surface area contributed by atoms with Crippen molar-refractivity contribution in [2.45, 2.75) is 9.90 Å². The molecule has 1 nitrogen and oxygen atoms in total. The van der Waals surface area contributed by atoms with Gasteiger partial charge in [0.05, 0.1) is 0 Å². The summed E-state index contributed by atoms with van der Waals surface area (Å²) in [4.78, 5) is 0. The van der Waals surface area contributed by atoms with Gasteiger partial charge in [0.2, 0.25) is 3.79 Å². The van der Waals surface area contributed by atoms with Gasteiger partial charge in [-0.1, -0.05) is 59.1 Å². The fourth-order valence-corrected chi connectivity index (χ4v) is 2.02. The molecular weight excluding hydrogens is 242 g/mol. The molecule has 4 heteroatoms. The van der Waals surface area contributed by atoms with Crippen molar-refractivity contribution in [2.24, 2.45) is 0 Å². The number of hydrogen-bond acceptors (Lipinski definition) is 1. The van der Waals surface area contributed by atoms with E-state index in [-0.39, 0.29) is 0 Å². The monoisotopic (exact) mass is 248 g/mol. The van der Waals surface area contributed by atoms with Gasteiger partial charge in [0.15, 0.2) is 0 Å². The van der Waals surface area contributed by atoms with Crippen molar-refractivity contribution in [1.29, 1.82) is 0 Å². The Morgan fingerprint density at radius 3 is 2.36 bits per heavy atom. The van der Waals surface area contributed by atoms with E-state index in [0.717, 1.165) is 11.1 Å². The summed E-state index contributed by atoms with van der Waals surface area (Å²) in [6.45, 7) is 0. The van der Waals surface area contributed by atoms with E-state index in [4.69, 9.17) is 34.8 Å². The van der Waals surface area contributed by atoms with Crippen LogP contribution in [0.5, 0.6) is 0 Å². The van der Waals surface area contributed by atoms with Crippen LogP contribution in [0, 0.1) is 0 Å². The van der Waals surface area contributed by atoms with Gasteiger partial charge in [0.25, 0.3) is 0 Å². The molecule has 0 heterocycles. The second kappa shape index (κ2) is 3.42. The highest BCUT2D eigenvalue weighted by Gasteiger charge is 2.36. The molecule has 0 aliphatic heterocycles. The fraction of sp³-hybridized carbons (Fsp3) is 0.200. The third-order valence-corrected chi connectivity index (χ3v) is 2.88. The van der Waals surface area contributed by atoms with E-state index in [2.05, 4.69) is 0 Å². The standard InChI is InChI=1S/C10H7Cl3O/c11-10(12,13)8-5-6-3-1-2-4-7(6)9(8)14/h1-5,9,14H. The predicted molar refractivity (Wildman–Crippen MR) is 59.7 cm³/mol. The van der Waals surface area contributed by atoms with Gasteiger partial charge >= 0.3 is 0 Å². The van der Waals surface area contributed by atoms with Gasteiger partial charge < -0.3 is 5.11 Å². The van der Waals surface area contributed by atoms with Gasteiger partial charge in [-0.2, -0.15) is 0 Å². The third kappa shape index (κ3) is 1.66. The number of benzene rings is 1. The van der Waals surface area contributed by atoms with Crippen LogP contribution in [0.3, 0.4) is 0 Å². The molecule has 0 bridgehead atoms. The molecule has 0 spiro atoms. The molecule has 1 aliphatic carbocycles. The Morgan fingerprint density at radius 2 is 1.79 bits per heavy atom. The largest absolute Gasteiger partial charge is 0.384 e. The lowest BCUT2D eigenvalue weighted by Crippen LogP contribution is -2.11. The molecular formula is C10H7Cl3O. The van der Waals surface area contributed by atoms with Crippen molar-refractivity contribution in [3.8, 4) is 0 Å². The van der Waals surface area contributed by atoms with Gasteiger partial charge in [-0.05, 0) is 17.2 Å². The van der Waals surface area contributed by atoms with Gasteiger partial charge in [0, 0.05) is 5.57 Å². The lowest BCUT2D eigenvalue weighted by Gasteiger charge is -2.16. The van der Waals surface area contributed by atoms with E-state index in [9.17, 15) is 5.11 Å². The Bertz CT molecular complexity index is 393. The van der Waals surface area contributed by atoms with Crippen molar-refractivity contribution in [1.82, 2.24) is 0 Å². The van der Waals surface area contributed by atoms with E-state index in [1.807, 2.05) is 24.3 Å². The molecule has 2 rings (SSSR count). The quantitative estimate of drug-likeness (QED) is 0.698. The number of rotatable bonds is 0. The van der Waals surface area contributed by atoms with Crippen LogP contribution in [0.15, 0.2) is 29.8 Å². The number of alkyl halides is 3. The Labute approximate surface area is 96.9 Å². The third-order valence-electron chi connectivity index (χ3n) is 2.22. The minimum absolute atomic E-state index is 0.406. The van der Waals surface area contributed by atoms with Crippen molar-refractivity contribution in [2.75, 3.05) is 0 Å². The van der Waals surface area contributed by atoms with Crippen LogP contribution in [-0.2, 0) is 0 Å². The fourth-order valence-electron chi connectivity index (χ4n) is 1.54. The maximum atomic E-state index is 9.86. The first-order chi connectivity index (χ1) is 6.50. The summed E-state index contributed by atoms with van der Waals surface area (Å²) in [6, 6.07) is 7.42.